The number of carbonyl (C=O) groups excluding carboxylic acids is 1. The van der Waals surface area contributed by atoms with Gasteiger partial charge in [0.05, 0.1) is 12.6 Å². The van der Waals surface area contributed by atoms with Gasteiger partial charge >= 0.3 is 0 Å². The molecular formula is C16H21N3O3S. The number of aromatic nitrogens is 2. The summed E-state index contributed by atoms with van der Waals surface area (Å²) in [5.41, 5.74) is 0.855. The summed E-state index contributed by atoms with van der Waals surface area (Å²) >= 11 is 1.69. The number of rotatable bonds is 9. The van der Waals surface area contributed by atoms with E-state index >= 15 is 0 Å². The Morgan fingerprint density at radius 2 is 2.13 bits per heavy atom. The Hall–Kier alpha value is -1.86. The maximum Gasteiger partial charge on any atom is 0.247 e. The number of nitrogens with zero attached hydrogens (tertiary/aromatic N) is 2. The van der Waals surface area contributed by atoms with Crippen LogP contribution in [0.3, 0.4) is 0 Å². The van der Waals surface area contributed by atoms with E-state index in [0.29, 0.717) is 18.2 Å². The molecule has 1 atom stereocenters. The van der Waals surface area contributed by atoms with Crippen molar-refractivity contribution in [1.29, 1.82) is 0 Å². The zero-order valence-corrected chi connectivity index (χ0v) is 13.9. The third-order valence-electron chi connectivity index (χ3n) is 3.31. The highest BCUT2D eigenvalue weighted by Gasteiger charge is 2.13. The minimum Gasteiger partial charge on any atom is -0.421 e. The SMILES string of the molecule is CSCC[C@H](CO)NC(=O)CCc1nnc(-c2ccccc2)o1. The zero-order chi connectivity index (χ0) is 16.5. The first kappa shape index (κ1) is 17.5. The molecular weight excluding hydrogens is 314 g/mol. The molecule has 0 spiro atoms. The van der Waals surface area contributed by atoms with Gasteiger partial charge in [0.2, 0.25) is 17.7 Å². The van der Waals surface area contributed by atoms with Crippen molar-refractivity contribution in [3.05, 3.63) is 36.2 Å². The Morgan fingerprint density at radius 3 is 2.83 bits per heavy atom. The van der Waals surface area contributed by atoms with Crippen LogP contribution in [-0.4, -0.2) is 45.9 Å². The highest BCUT2D eigenvalue weighted by Crippen LogP contribution is 2.17. The van der Waals surface area contributed by atoms with E-state index in [9.17, 15) is 9.90 Å². The van der Waals surface area contributed by atoms with E-state index in [4.69, 9.17) is 4.42 Å². The van der Waals surface area contributed by atoms with E-state index in [1.54, 1.807) is 11.8 Å². The molecule has 23 heavy (non-hydrogen) atoms. The van der Waals surface area contributed by atoms with Gasteiger partial charge in [-0.05, 0) is 30.6 Å². The summed E-state index contributed by atoms with van der Waals surface area (Å²) in [6, 6.07) is 9.30. The number of amides is 1. The van der Waals surface area contributed by atoms with E-state index in [-0.39, 0.29) is 25.0 Å². The summed E-state index contributed by atoms with van der Waals surface area (Å²) in [5.74, 6) is 1.66. The van der Waals surface area contributed by atoms with Crippen molar-refractivity contribution in [2.24, 2.45) is 0 Å². The number of aryl methyl sites for hydroxylation is 1. The van der Waals surface area contributed by atoms with Gasteiger partial charge in [0.25, 0.3) is 0 Å². The first-order valence-corrected chi connectivity index (χ1v) is 8.89. The second kappa shape index (κ2) is 9.32. The van der Waals surface area contributed by atoms with Gasteiger partial charge in [-0.25, -0.2) is 0 Å². The number of aliphatic hydroxyl groups excluding tert-OH is 1. The highest BCUT2D eigenvalue weighted by molar-refractivity contribution is 7.98. The monoisotopic (exact) mass is 335 g/mol. The molecule has 6 nitrogen and oxygen atoms in total. The van der Waals surface area contributed by atoms with Crippen molar-refractivity contribution < 1.29 is 14.3 Å². The molecule has 0 saturated carbocycles. The lowest BCUT2D eigenvalue weighted by Gasteiger charge is -2.15. The first-order chi connectivity index (χ1) is 11.2. The predicted molar refractivity (Wildman–Crippen MR) is 90.1 cm³/mol. The molecule has 0 aliphatic carbocycles. The van der Waals surface area contributed by atoms with Crippen molar-refractivity contribution in [2.75, 3.05) is 18.6 Å². The van der Waals surface area contributed by atoms with Gasteiger partial charge in [0.1, 0.15) is 0 Å². The van der Waals surface area contributed by atoms with Gasteiger partial charge < -0.3 is 14.8 Å². The second-order valence-corrected chi connectivity index (χ2v) is 6.08. The number of hydrogen-bond donors (Lipinski definition) is 2. The standard InChI is InChI=1S/C16H21N3O3S/c1-23-10-9-13(11-20)17-14(21)7-8-15-18-19-16(22-15)12-5-3-2-4-6-12/h2-6,13,20H,7-11H2,1H3,(H,17,21)/t13-/m1/s1. The van der Waals surface area contributed by atoms with Gasteiger partial charge in [-0.15, -0.1) is 10.2 Å². The van der Waals surface area contributed by atoms with Gasteiger partial charge in [-0.1, -0.05) is 18.2 Å². The average Bonchev–Trinajstić information content (AvgIpc) is 3.06. The molecule has 0 bridgehead atoms. The molecule has 0 saturated heterocycles. The van der Waals surface area contributed by atoms with E-state index < -0.39 is 0 Å². The molecule has 0 aliphatic heterocycles. The minimum atomic E-state index is -0.197. The first-order valence-electron chi connectivity index (χ1n) is 7.50. The van der Waals surface area contributed by atoms with Crippen LogP contribution < -0.4 is 5.32 Å². The molecule has 0 fully saturated rings. The maximum absolute atomic E-state index is 11.9. The van der Waals surface area contributed by atoms with Crippen LogP contribution in [0, 0.1) is 0 Å². The largest absolute Gasteiger partial charge is 0.421 e. The van der Waals surface area contributed by atoms with Crippen LogP contribution in [0.4, 0.5) is 0 Å². The number of aliphatic hydroxyl groups is 1. The summed E-state index contributed by atoms with van der Waals surface area (Å²) in [6.45, 7) is -0.0506. The number of hydrogen-bond acceptors (Lipinski definition) is 6. The Balaban J connectivity index is 1.82. The quantitative estimate of drug-likeness (QED) is 0.728. The molecule has 1 aromatic carbocycles. The van der Waals surface area contributed by atoms with Crippen LogP contribution in [0.15, 0.2) is 34.7 Å². The molecule has 0 aliphatic rings. The summed E-state index contributed by atoms with van der Waals surface area (Å²) in [5, 5.41) is 20.0. The summed E-state index contributed by atoms with van der Waals surface area (Å²) in [6.07, 6.45) is 3.39. The number of nitrogens with one attached hydrogen (secondary N) is 1. The summed E-state index contributed by atoms with van der Waals surface area (Å²) in [4.78, 5) is 11.9. The predicted octanol–water partition coefficient (Wildman–Crippen LogP) is 1.90. The molecule has 2 rings (SSSR count). The zero-order valence-electron chi connectivity index (χ0n) is 13.1. The lowest BCUT2D eigenvalue weighted by atomic mass is 10.2. The van der Waals surface area contributed by atoms with Crippen LogP contribution >= 0.6 is 11.8 Å². The Morgan fingerprint density at radius 1 is 1.35 bits per heavy atom. The Bertz CT molecular complexity index is 604. The molecule has 0 radical (unpaired) electrons. The third kappa shape index (κ3) is 5.69. The van der Waals surface area contributed by atoms with Crippen molar-refractivity contribution in [2.45, 2.75) is 25.3 Å². The fourth-order valence-electron chi connectivity index (χ4n) is 2.04. The highest BCUT2D eigenvalue weighted by atomic mass is 32.2. The molecule has 1 heterocycles. The topological polar surface area (TPSA) is 88.2 Å². The van der Waals surface area contributed by atoms with Gasteiger partial charge in [0.15, 0.2) is 0 Å². The smallest absolute Gasteiger partial charge is 0.247 e. The molecule has 2 N–H and O–H groups in total. The minimum absolute atomic E-state index is 0.0506. The summed E-state index contributed by atoms with van der Waals surface area (Å²) in [7, 11) is 0. The molecule has 124 valence electrons. The lowest BCUT2D eigenvalue weighted by molar-refractivity contribution is -0.122. The fraction of sp³-hybridized carbons (Fsp3) is 0.438. The molecule has 1 amide bonds. The van der Waals surface area contributed by atoms with Crippen molar-refractivity contribution in [1.82, 2.24) is 15.5 Å². The molecule has 0 unspecified atom stereocenters. The van der Waals surface area contributed by atoms with Crippen molar-refractivity contribution in [3.8, 4) is 11.5 Å². The van der Waals surface area contributed by atoms with Crippen LogP contribution in [0.2, 0.25) is 0 Å². The lowest BCUT2D eigenvalue weighted by Crippen LogP contribution is -2.38. The molecule has 1 aromatic heterocycles. The Kier molecular flexibility index (Phi) is 7.09. The van der Waals surface area contributed by atoms with Gasteiger partial charge in [-0.2, -0.15) is 11.8 Å². The van der Waals surface area contributed by atoms with Crippen LogP contribution in [0.5, 0.6) is 0 Å². The van der Waals surface area contributed by atoms with Gasteiger partial charge in [0, 0.05) is 18.4 Å². The second-order valence-electron chi connectivity index (χ2n) is 5.10. The van der Waals surface area contributed by atoms with Crippen molar-refractivity contribution >= 4 is 17.7 Å². The molecule has 7 heteroatoms. The summed E-state index contributed by atoms with van der Waals surface area (Å²) < 4.78 is 5.56. The van der Waals surface area contributed by atoms with E-state index in [1.165, 1.54) is 0 Å². The van der Waals surface area contributed by atoms with Crippen LogP contribution in [0.1, 0.15) is 18.7 Å². The third-order valence-corrected chi connectivity index (χ3v) is 3.95. The number of benzene rings is 1. The van der Waals surface area contributed by atoms with Gasteiger partial charge in [-0.3, -0.25) is 4.79 Å². The van der Waals surface area contributed by atoms with E-state index in [1.807, 2.05) is 36.6 Å². The average molecular weight is 335 g/mol. The van der Waals surface area contributed by atoms with E-state index in [2.05, 4.69) is 15.5 Å². The fourth-order valence-corrected chi connectivity index (χ4v) is 2.56. The maximum atomic E-state index is 11.9. The normalized spacial score (nSPS) is 12.1. The van der Waals surface area contributed by atoms with Crippen LogP contribution in [0.25, 0.3) is 11.5 Å². The van der Waals surface area contributed by atoms with E-state index in [0.717, 1.165) is 17.7 Å². The Labute approximate surface area is 139 Å². The van der Waals surface area contributed by atoms with Crippen molar-refractivity contribution in [3.63, 3.8) is 0 Å². The number of thioether (sulfide) groups is 1. The molecule has 2 aromatic rings. The number of carbonyl (C=O) groups is 1. The van der Waals surface area contributed by atoms with Crippen LogP contribution in [-0.2, 0) is 11.2 Å².